The fourth-order valence-electron chi connectivity index (χ4n) is 8.81. The molecule has 4 heterocycles. The second-order valence-electron chi connectivity index (χ2n) is 14.6. The first kappa shape index (κ1) is 32.0. The molecule has 12 rings (SSSR count). The van der Waals surface area contributed by atoms with Crippen LogP contribution in [0.15, 0.2) is 194 Å². The zero-order chi connectivity index (χ0) is 37.5. The molecular formula is C52H32N4S. The summed E-state index contributed by atoms with van der Waals surface area (Å²) in [6.45, 7) is 0. The lowest BCUT2D eigenvalue weighted by molar-refractivity contribution is 0.995. The van der Waals surface area contributed by atoms with Crippen LogP contribution < -0.4 is 0 Å². The van der Waals surface area contributed by atoms with Crippen LogP contribution in [0.3, 0.4) is 0 Å². The minimum Gasteiger partial charge on any atom is -0.307 e. The van der Waals surface area contributed by atoms with Crippen molar-refractivity contribution in [2.45, 2.75) is 0 Å². The van der Waals surface area contributed by atoms with Gasteiger partial charge in [0, 0.05) is 58.5 Å². The second-order valence-corrected chi connectivity index (χ2v) is 15.6. The number of rotatable bonds is 5. The molecule has 0 unspecified atom stereocenters. The fourth-order valence-corrected chi connectivity index (χ4v) is 10.1. The molecule has 0 fully saturated rings. The molecule has 0 atom stereocenters. The summed E-state index contributed by atoms with van der Waals surface area (Å²) in [5.41, 5.74) is 11.8. The van der Waals surface area contributed by atoms with E-state index in [0.29, 0.717) is 5.95 Å². The molecule has 8 aromatic carbocycles. The van der Waals surface area contributed by atoms with Crippen molar-refractivity contribution in [3.05, 3.63) is 194 Å². The standard InChI is InChI=1S/C52H32N4S/c1-3-15-33(16-4-1)44-32-45(34-17-5-2-6-18-34)54-52(53-44)56-47-27-11-8-22-39(47)42-30-29-41-38-21-7-10-26-46(38)55(49(41)50(42)56)36-20-13-19-35(31-36)37-24-14-25-43-40-23-9-12-28-48(40)57-51(37)43/h1-32H. The minimum atomic E-state index is 0.635. The topological polar surface area (TPSA) is 35.6 Å². The van der Waals surface area contributed by atoms with Gasteiger partial charge >= 0.3 is 0 Å². The third-order valence-corrected chi connectivity index (χ3v) is 12.6. The molecular weight excluding hydrogens is 713 g/mol. The number of hydrogen-bond acceptors (Lipinski definition) is 3. The van der Waals surface area contributed by atoms with Crippen molar-refractivity contribution >= 4 is 75.1 Å². The summed E-state index contributed by atoms with van der Waals surface area (Å²) in [6, 6.07) is 69.4. The summed E-state index contributed by atoms with van der Waals surface area (Å²) < 4.78 is 7.37. The Bertz CT molecular complexity index is 3460. The zero-order valence-electron chi connectivity index (χ0n) is 30.7. The lowest BCUT2D eigenvalue weighted by atomic mass is 10.0. The van der Waals surface area contributed by atoms with E-state index in [1.54, 1.807) is 0 Å². The number of benzene rings is 8. The Morgan fingerprint density at radius 2 is 0.895 bits per heavy atom. The smallest absolute Gasteiger partial charge is 0.235 e. The largest absolute Gasteiger partial charge is 0.307 e. The molecule has 57 heavy (non-hydrogen) atoms. The molecule has 4 aromatic heterocycles. The maximum absolute atomic E-state index is 5.38. The second kappa shape index (κ2) is 12.6. The van der Waals surface area contributed by atoms with Crippen LogP contribution in [0.5, 0.6) is 0 Å². The van der Waals surface area contributed by atoms with Gasteiger partial charge in [0.2, 0.25) is 5.95 Å². The Labute approximate surface area is 332 Å². The summed E-state index contributed by atoms with van der Waals surface area (Å²) in [7, 11) is 0. The summed E-state index contributed by atoms with van der Waals surface area (Å²) >= 11 is 1.87. The SMILES string of the molecule is c1ccc(-c2cc(-c3ccccc3)nc(-n3c4ccccc4c4ccc5c6ccccc6n(-c6cccc(-c7cccc8c7sc7ccccc78)c6)c5c43)n2)cc1. The van der Waals surface area contributed by atoms with Gasteiger partial charge in [-0.15, -0.1) is 11.3 Å². The Balaban J connectivity index is 1.18. The van der Waals surface area contributed by atoms with Crippen molar-refractivity contribution in [1.29, 1.82) is 0 Å². The maximum Gasteiger partial charge on any atom is 0.235 e. The Kier molecular flexibility index (Phi) is 7.06. The summed E-state index contributed by atoms with van der Waals surface area (Å²) in [5.74, 6) is 0.635. The Hall–Kier alpha value is -7.34. The van der Waals surface area contributed by atoms with E-state index in [-0.39, 0.29) is 0 Å². The molecule has 0 radical (unpaired) electrons. The van der Waals surface area contributed by atoms with Crippen molar-refractivity contribution in [2.75, 3.05) is 0 Å². The van der Waals surface area contributed by atoms with Crippen molar-refractivity contribution in [1.82, 2.24) is 19.1 Å². The number of hydrogen-bond donors (Lipinski definition) is 0. The molecule has 0 bridgehead atoms. The van der Waals surface area contributed by atoms with E-state index >= 15 is 0 Å². The zero-order valence-corrected chi connectivity index (χ0v) is 31.5. The number of thiophene rings is 1. The number of para-hydroxylation sites is 2. The highest BCUT2D eigenvalue weighted by molar-refractivity contribution is 7.26. The van der Waals surface area contributed by atoms with Gasteiger partial charge in [-0.05, 0) is 47.5 Å². The van der Waals surface area contributed by atoms with Crippen LogP contribution in [0, 0.1) is 0 Å². The van der Waals surface area contributed by atoms with Crippen LogP contribution in [-0.4, -0.2) is 19.1 Å². The molecule has 4 nitrogen and oxygen atoms in total. The summed E-state index contributed by atoms with van der Waals surface area (Å²) in [4.78, 5) is 10.8. The van der Waals surface area contributed by atoms with Gasteiger partial charge in [-0.25, -0.2) is 9.97 Å². The third kappa shape index (κ3) is 4.93. The third-order valence-electron chi connectivity index (χ3n) is 11.3. The van der Waals surface area contributed by atoms with E-state index in [9.17, 15) is 0 Å². The first-order valence-electron chi connectivity index (χ1n) is 19.3. The quantitative estimate of drug-likeness (QED) is 0.176. The first-order valence-corrected chi connectivity index (χ1v) is 20.1. The van der Waals surface area contributed by atoms with Crippen LogP contribution in [0.4, 0.5) is 0 Å². The predicted octanol–water partition coefficient (Wildman–Crippen LogP) is 14.0. The molecule has 0 saturated carbocycles. The minimum absolute atomic E-state index is 0.635. The van der Waals surface area contributed by atoms with Gasteiger partial charge in [0.05, 0.1) is 33.5 Å². The molecule has 0 N–H and O–H groups in total. The number of fused-ring (bicyclic) bond motifs is 10. The van der Waals surface area contributed by atoms with Crippen molar-refractivity contribution in [3.8, 4) is 45.3 Å². The molecule has 0 spiro atoms. The van der Waals surface area contributed by atoms with Crippen LogP contribution in [0.2, 0.25) is 0 Å². The van der Waals surface area contributed by atoms with Gasteiger partial charge in [-0.1, -0.05) is 158 Å². The van der Waals surface area contributed by atoms with Crippen molar-refractivity contribution in [2.24, 2.45) is 0 Å². The highest BCUT2D eigenvalue weighted by atomic mass is 32.1. The summed E-state index contributed by atoms with van der Waals surface area (Å²) in [6.07, 6.45) is 0. The van der Waals surface area contributed by atoms with Crippen LogP contribution in [-0.2, 0) is 0 Å². The molecule has 266 valence electrons. The van der Waals surface area contributed by atoms with Crippen molar-refractivity contribution < 1.29 is 0 Å². The van der Waals surface area contributed by atoms with E-state index in [1.807, 2.05) is 23.5 Å². The monoisotopic (exact) mass is 744 g/mol. The molecule has 0 aliphatic carbocycles. The average molecular weight is 745 g/mol. The molecule has 12 aromatic rings. The molecule has 0 aliphatic rings. The molecule has 0 amide bonds. The van der Waals surface area contributed by atoms with Crippen LogP contribution in [0.1, 0.15) is 0 Å². The molecule has 5 heteroatoms. The van der Waals surface area contributed by atoms with Gasteiger partial charge < -0.3 is 4.57 Å². The van der Waals surface area contributed by atoms with E-state index in [0.717, 1.165) is 61.0 Å². The van der Waals surface area contributed by atoms with Gasteiger partial charge in [0.25, 0.3) is 0 Å². The molecule has 0 aliphatic heterocycles. The first-order chi connectivity index (χ1) is 28.3. The highest BCUT2D eigenvalue weighted by Gasteiger charge is 2.23. The summed E-state index contributed by atoms with van der Waals surface area (Å²) in [5, 5.41) is 7.31. The Morgan fingerprint density at radius 1 is 0.368 bits per heavy atom. The molecule has 0 saturated heterocycles. The van der Waals surface area contributed by atoms with E-state index in [1.165, 1.54) is 42.1 Å². The number of nitrogens with zero attached hydrogens (tertiary/aromatic N) is 4. The predicted molar refractivity (Wildman–Crippen MR) is 240 cm³/mol. The van der Waals surface area contributed by atoms with E-state index in [2.05, 4.69) is 191 Å². The van der Waals surface area contributed by atoms with Gasteiger partial charge in [0.1, 0.15) is 0 Å². The lowest BCUT2D eigenvalue weighted by Gasteiger charge is -2.14. The van der Waals surface area contributed by atoms with Crippen molar-refractivity contribution in [3.63, 3.8) is 0 Å². The van der Waals surface area contributed by atoms with E-state index < -0.39 is 0 Å². The van der Waals surface area contributed by atoms with Crippen LogP contribution in [0.25, 0.3) is 109 Å². The Morgan fingerprint density at radius 3 is 1.58 bits per heavy atom. The highest BCUT2D eigenvalue weighted by Crippen LogP contribution is 2.44. The van der Waals surface area contributed by atoms with Crippen LogP contribution >= 0.6 is 11.3 Å². The maximum atomic E-state index is 5.38. The van der Waals surface area contributed by atoms with E-state index in [4.69, 9.17) is 9.97 Å². The van der Waals surface area contributed by atoms with Gasteiger partial charge in [0.15, 0.2) is 0 Å². The lowest BCUT2D eigenvalue weighted by Crippen LogP contribution is -2.05. The van der Waals surface area contributed by atoms with Gasteiger partial charge in [-0.2, -0.15) is 0 Å². The number of aromatic nitrogens is 4. The fraction of sp³-hybridized carbons (Fsp3) is 0. The average Bonchev–Trinajstić information content (AvgIpc) is 3.95. The van der Waals surface area contributed by atoms with Gasteiger partial charge in [-0.3, -0.25) is 4.57 Å². The normalized spacial score (nSPS) is 11.9.